The highest BCUT2D eigenvalue weighted by molar-refractivity contribution is 7.16. The summed E-state index contributed by atoms with van der Waals surface area (Å²) in [5.74, 6) is 0.788. The Balaban J connectivity index is 1.15. The van der Waals surface area contributed by atoms with Crippen molar-refractivity contribution in [3.05, 3.63) is 98.7 Å². The summed E-state index contributed by atoms with van der Waals surface area (Å²) in [5.41, 5.74) is 4.21. The summed E-state index contributed by atoms with van der Waals surface area (Å²) in [6, 6.07) is 20.4. The Bertz CT molecular complexity index is 1170. The molecule has 5 rings (SSSR count). The van der Waals surface area contributed by atoms with E-state index in [0.29, 0.717) is 17.3 Å². The minimum absolute atomic E-state index is 0.0937. The molecule has 0 unspecified atom stereocenters. The molecule has 0 radical (unpaired) electrons. The summed E-state index contributed by atoms with van der Waals surface area (Å²) >= 11 is 3.10. The van der Waals surface area contributed by atoms with Crippen molar-refractivity contribution in [2.24, 2.45) is 0 Å². The maximum atomic E-state index is 12.3. The number of aromatic nitrogens is 1. The van der Waals surface area contributed by atoms with Crippen LogP contribution in [0.15, 0.2) is 71.4 Å². The molecule has 32 heavy (non-hydrogen) atoms. The molecule has 2 aromatic carbocycles. The summed E-state index contributed by atoms with van der Waals surface area (Å²) in [7, 11) is 0. The van der Waals surface area contributed by atoms with Crippen molar-refractivity contribution in [2.75, 3.05) is 11.9 Å². The van der Waals surface area contributed by atoms with Gasteiger partial charge in [-0.25, -0.2) is 4.98 Å². The first-order valence-electron chi connectivity index (χ1n) is 10.5. The Kier molecular flexibility index (Phi) is 6.29. The molecule has 0 saturated heterocycles. The third-order valence-corrected chi connectivity index (χ3v) is 7.07. The standard InChI is InChI=1S/C25H23N3O2S2/c29-24(20-11-13-31-17-20)27-25-26-22-10-12-28(15-23(22)32-25)14-18-6-8-21(9-7-18)30-16-19-4-2-1-3-5-19/h1-9,11,13,17H,10,12,14-16H2,(H,26,27,29). The molecule has 1 N–H and O–H groups in total. The number of carbonyl (C=O) groups excluding carboxylic acids is 1. The third kappa shape index (κ3) is 5.07. The first-order valence-corrected chi connectivity index (χ1v) is 12.3. The normalized spacial score (nSPS) is 13.5. The van der Waals surface area contributed by atoms with Crippen molar-refractivity contribution in [1.82, 2.24) is 9.88 Å². The highest BCUT2D eigenvalue weighted by Gasteiger charge is 2.21. The number of fused-ring (bicyclic) bond motifs is 1. The quantitative estimate of drug-likeness (QED) is 0.390. The smallest absolute Gasteiger partial charge is 0.258 e. The summed E-state index contributed by atoms with van der Waals surface area (Å²) in [5, 5.41) is 7.38. The molecule has 2 aromatic heterocycles. The van der Waals surface area contributed by atoms with Gasteiger partial charge in [0.15, 0.2) is 5.13 Å². The summed E-state index contributed by atoms with van der Waals surface area (Å²) in [4.78, 5) is 20.6. The number of thiazole rings is 1. The van der Waals surface area contributed by atoms with Crippen molar-refractivity contribution in [3.8, 4) is 5.75 Å². The minimum atomic E-state index is -0.0937. The molecule has 0 spiro atoms. The van der Waals surface area contributed by atoms with Crippen LogP contribution in [-0.4, -0.2) is 22.3 Å². The van der Waals surface area contributed by atoms with E-state index in [1.165, 1.54) is 21.8 Å². The molecule has 0 aliphatic carbocycles. The average Bonchev–Trinajstić information content (AvgIpc) is 3.49. The molecule has 1 aliphatic rings. The van der Waals surface area contributed by atoms with E-state index >= 15 is 0 Å². The van der Waals surface area contributed by atoms with Crippen molar-refractivity contribution in [1.29, 1.82) is 0 Å². The second kappa shape index (κ2) is 9.65. The molecule has 0 atom stereocenters. The van der Waals surface area contributed by atoms with E-state index < -0.39 is 0 Å². The highest BCUT2D eigenvalue weighted by atomic mass is 32.1. The minimum Gasteiger partial charge on any atom is -0.489 e. The molecular formula is C25H23N3O2S2. The fourth-order valence-electron chi connectivity index (χ4n) is 3.69. The van der Waals surface area contributed by atoms with Gasteiger partial charge in [-0.2, -0.15) is 11.3 Å². The van der Waals surface area contributed by atoms with Crippen LogP contribution in [0.1, 0.15) is 32.1 Å². The van der Waals surface area contributed by atoms with Crippen LogP contribution in [0.3, 0.4) is 0 Å². The Labute approximate surface area is 195 Å². The third-order valence-electron chi connectivity index (χ3n) is 5.39. The van der Waals surface area contributed by atoms with E-state index in [4.69, 9.17) is 4.74 Å². The van der Waals surface area contributed by atoms with E-state index in [-0.39, 0.29) is 5.91 Å². The van der Waals surface area contributed by atoms with Gasteiger partial charge in [-0.1, -0.05) is 42.5 Å². The van der Waals surface area contributed by atoms with Crippen molar-refractivity contribution in [3.63, 3.8) is 0 Å². The number of rotatable bonds is 7. The van der Waals surface area contributed by atoms with Gasteiger partial charge in [0.05, 0.1) is 11.3 Å². The number of amides is 1. The van der Waals surface area contributed by atoms with E-state index in [1.807, 2.05) is 47.2 Å². The molecule has 1 aliphatic heterocycles. The highest BCUT2D eigenvalue weighted by Crippen LogP contribution is 2.29. The van der Waals surface area contributed by atoms with Crippen LogP contribution in [0.5, 0.6) is 5.75 Å². The topological polar surface area (TPSA) is 54.5 Å². The van der Waals surface area contributed by atoms with Gasteiger partial charge in [0.1, 0.15) is 12.4 Å². The molecule has 162 valence electrons. The predicted molar refractivity (Wildman–Crippen MR) is 129 cm³/mol. The Morgan fingerprint density at radius 3 is 2.69 bits per heavy atom. The van der Waals surface area contributed by atoms with Crippen LogP contribution in [0.2, 0.25) is 0 Å². The largest absolute Gasteiger partial charge is 0.489 e. The monoisotopic (exact) mass is 461 g/mol. The maximum Gasteiger partial charge on any atom is 0.258 e. The number of carbonyl (C=O) groups is 1. The molecule has 0 bridgehead atoms. The number of thiophene rings is 1. The first-order chi connectivity index (χ1) is 15.7. The van der Waals surface area contributed by atoms with E-state index in [9.17, 15) is 4.79 Å². The number of benzene rings is 2. The molecule has 1 amide bonds. The van der Waals surface area contributed by atoms with Gasteiger partial charge in [-0.05, 0) is 34.7 Å². The zero-order valence-corrected chi connectivity index (χ0v) is 19.1. The number of hydrogen-bond acceptors (Lipinski definition) is 6. The molecule has 3 heterocycles. The number of hydrogen-bond donors (Lipinski definition) is 1. The van der Waals surface area contributed by atoms with Gasteiger partial charge < -0.3 is 4.74 Å². The van der Waals surface area contributed by atoms with Gasteiger partial charge >= 0.3 is 0 Å². The summed E-state index contributed by atoms with van der Waals surface area (Å²) in [6.45, 7) is 3.27. The van der Waals surface area contributed by atoms with Crippen LogP contribution < -0.4 is 10.1 Å². The van der Waals surface area contributed by atoms with Crippen molar-refractivity contribution in [2.45, 2.75) is 26.1 Å². The first kappa shape index (κ1) is 20.9. The maximum absolute atomic E-state index is 12.3. The summed E-state index contributed by atoms with van der Waals surface area (Å²) < 4.78 is 5.89. The lowest BCUT2D eigenvalue weighted by Crippen LogP contribution is -2.29. The van der Waals surface area contributed by atoms with Gasteiger partial charge in [-0.3, -0.25) is 15.0 Å². The number of anilines is 1. The van der Waals surface area contributed by atoms with E-state index in [2.05, 4.69) is 39.5 Å². The van der Waals surface area contributed by atoms with E-state index in [0.717, 1.165) is 43.1 Å². The number of ether oxygens (including phenoxy) is 1. The number of nitrogens with zero attached hydrogens (tertiary/aromatic N) is 2. The average molecular weight is 462 g/mol. The lowest BCUT2D eigenvalue weighted by atomic mass is 10.1. The van der Waals surface area contributed by atoms with Crippen LogP contribution in [0.25, 0.3) is 0 Å². The molecule has 0 fully saturated rings. The zero-order valence-electron chi connectivity index (χ0n) is 17.5. The van der Waals surface area contributed by atoms with Crippen molar-refractivity contribution < 1.29 is 9.53 Å². The lowest BCUT2D eigenvalue weighted by molar-refractivity contribution is 0.102. The van der Waals surface area contributed by atoms with Gasteiger partial charge in [0, 0.05) is 36.3 Å². The Hall–Kier alpha value is -3.00. The van der Waals surface area contributed by atoms with Gasteiger partial charge in [0.2, 0.25) is 0 Å². The molecule has 0 saturated carbocycles. The number of nitrogens with one attached hydrogen (secondary N) is 1. The Morgan fingerprint density at radius 2 is 1.91 bits per heavy atom. The van der Waals surface area contributed by atoms with Crippen LogP contribution in [0.4, 0.5) is 5.13 Å². The van der Waals surface area contributed by atoms with Crippen LogP contribution in [-0.2, 0) is 26.1 Å². The van der Waals surface area contributed by atoms with Gasteiger partial charge in [-0.15, -0.1) is 11.3 Å². The van der Waals surface area contributed by atoms with Crippen molar-refractivity contribution >= 4 is 33.7 Å². The molecule has 7 heteroatoms. The Morgan fingerprint density at radius 1 is 1.06 bits per heavy atom. The summed E-state index contributed by atoms with van der Waals surface area (Å²) in [6.07, 6.45) is 0.901. The van der Waals surface area contributed by atoms with Crippen LogP contribution in [0, 0.1) is 0 Å². The predicted octanol–water partition coefficient (Wildman–Crippen LogP) is 5.59. The lowest BCUT2D eigenvalue weighted by Gasteiger charge is -2.25. The van der Waals surface area contributed by atoms with E-state index in [1.54, 1.807) is 11.3 Å². The second-order valence-electron chi connectivity index (χ2n) is 7.73. The SMILES string of the molecule is O=C(Nc1nc2c(s1)CN(Cc1ccc(OCc3ccccc3)cc1)CC2)c1ccsc1. The molecular weight excluding hydrogens is 438 g/mol. The zero-order chi connectivity index (χ0) is 21.8. The molecule has 5 nitrogen and oxygen atoms in total. The fraction of sp³-hybridized carbons (Fsp3) is 0.200. The van der Waals surface area contributed by atoms with Crippen LogP contribution >= 0.6 is 22.7 Å². The fourth-order valence-corrected chi connectivity index (χ4v) is 5.37. The molecule has 4 aromatic rings. The van der Waals surface area contributed by atoms with Gasteiger partial charge in [0.25, 0.3) is 5.91 Å². The second-order valence-corrected chi connectivity index (χ2v) is 9.60.